The van der Waals surface area contributed by atoms with Gasteiger partial charge in [0.2, 0.25) is 0 Å². The fourth-order valence-corrected chi connectivity index (χ4v) is 1.66. The summed E-state index contributed by atoms with van der Waals surface area (Å²) in [5.41, 5.74) is 2.59. The Hall–Kier alpha value is -2.15. The number of benzene rings is 1. The standard InChI is InChI=1S/C13H10ClF3N4/c1-8(20-21-12-11(14)6-18-7-19-12)9-3-2-4-10(5-9)13(15,16)17/h2-7H,1H3,(H,18,19,21)/b20-8+. The number of nitrogens with zero attached hydrogens (tertiary/aromatic N) is 3. The van der Waals surface area contributed by atoms with Crippen molar-refractivity contribution >= 4 is 23.1 Å². The van der Waals surface area contributed by atoms with Crippen LogP contribution in [0.5, 0.6) is 0 Å². The van der Waals surface area contributed by atoms with E-state index in [1.165, 1.54) is 24.7 Å². The third-order valence-electron chi connectivity index (χ3n) is 2.60. The SMILES string of the molecule is C/C(=N\Nc1ncncc1Cl)c1cccc(C(F)(F)F)c1. The molecule has 1 N–H and O–H groups in total. The summed E-state index contributed by atoms with van der Waals surface area (Å²) in [6.45, 7) is 1.58. The summed E-state index contributed by atoms with van der Waals surface area (Å²) in [6.07, 6.45) is -1.73. The Balaban J connectivity index is 2.22. The van der Waals surface area contributed by atoms with E-state index in [1.54, 1.807) is 6.92 Å². The molecule has 2 aromatic rings. The van der Waals surface area contributed by atoms with Crippen molar-refractivity contribution in [2.45, 2.75) is 13.1 Å². The third-order valence-corrected chi connectivity index (χ3v) is 2.88. The van der Waals surface area contributed by atoms with Crippen molar-refractivity contribution in [2.24, 2.45) is 5.10 Å². The molecule has 0 unspecified atom stereocenters. The van der Waals surface area contributed by atoms with Crippen molar-refractivity contribution in [1.29, 1.82) is 0 Å². The maximum absolute atomic E-state index is 12.6. The zero-order chi connectivity index (χ0) is 15.5. The van der Waals surface area contributed by atoms with Crippen LogP contribution in [-0.2, 0) is 6.18 Å². The molecule has 1 aromatic carbocycles. The second-order valence-electron chi connectivity index (χ2n) is 4.11. The lowest BCUT2D eigenvalue weighted by atomic mass is 10.1. The van der Waals surface area contributed by atoms with Gasteiger partial charge in [0.1, 0.15) is 11.3 Å². The zero-order valence-corrected chi connectivity index (χ0v) is 11.6. The molecule has 0 saturated heterocycles. The number of hydrogen-bond acceptors (Lipinski definition) is 4. The molecule has 2 rings (SSSR count). The van der Waals surface area contributed by atoms with Crippen LogP contribution in [0.3, 0.4) is 0 Å². The van der Waals surface area contributed by atoms with Gasteiger partial charge in [-0.15, -0.1) is 0 Å². The molecule has 0 bridgehead atoms. The molecule has 0 spiro atoms. The Bertz CT molecular complexity index is 670. The van der Waals surface area contributed by atoms with E-state index < -0.39 is 11.7 Å². The molecule has 4 nitrogen and oxygen atoms in total. The first kappa shape index (κ1) is 15.2. The van der Waals surface area contributed by atoms with Crippen LogP contribution >= 0.6 is 11.6 Å². The molecule has 0 amide bonds. The number of hydrazone groups is 1. The molecular formula is C13H10ClF3N4. The molecule has 0 aliphatic carbocycles. The largest absolute Gasteiger partial charge is 0.416 e. The van der Waals surface area contributed by atoms with Crippen molar-refractivity contribution in [3.05, 3.63) is 52.9 Å². The van der Waals surface area contributed by atoms with Crippen molar-refractivity contribution in [3.8, 4) is 0 Å². The first-order chi connectivity index (χ1) is 9.88. The average molecular weight is 315 g/mol. The highest BCUT2D eigenvalue weighted by molar-refractivity contribution is 6.32. The minimum Gasteiger partial charge on any atom is -0.260 e. The number of rotatable bonds is 3. The monoisotopic (exact) mass is 314 g/mol. The first-order valence-electron chi connectivity index (χ1n) is 5.81. The summed E-state index contributed by atoms with van der Waals surface area (Å²) in [4.78, 5) is 7.57. The number of anilines is 1. The summed E-state index contributed by atoms with van der Waals surface area (Å²) in [5.74, 6) is 0.276. The Morgan fingerprint density at radius 1 is 1.33 bits per heavy atom. The van der Waals surface area contributed by atoms with E-state index in [0.29, 0.717) is 11.3 Å². The Morgan fingerprint density at radius 3 is 2.76 bits per heavy atom. The molecule has 0 fully saturated rings. The smallest absolute Gasteiger partial charge is 0.260 e. The maximum atomic E-state index is 12.6. The fraction of sp³-hybridized carbons (Fsp3) is 0.154. The minimum absolute atomic E-state index is 0.262. The number of halogens is 4. The fourth-order valence-electron chi connectivity index (χ4n) is 1.52. The van der Waals surface area contributed by atoms with Crippen LogP contribution in [-0.4, -0.2) is 15.7 Å². The van der Waals surface area contributed by atoms with Gasteiger partial charge in [-0.3, -0.25) is 5.43 Å². The lowest BCUT2D eigenvalue weighted by molar-refractivity contribution is -0.137. The van der Waals surface area contributed by atoms with Crippen molar-refractivity contribution < 1.29 is 13.2 Å². The van der Waals surface area contributed by atoms with Gasteiger partial charge in [-0.1, -0.05) is 23.7 Å². The van der Waals surface area contributed by atoms with Gasteiger partial charge in [-0.25, -0.2) is 9.97 Å². The predicted octanol–water partition coefficient (Wildman–Crippen LogP) is 3.98. The molecule has 0 aliphatic heterocycles. The molecular weight excluding hydrogens is 305 g/mol. The Labute approximate surface area is 123 Å². The summed E-state index contributed by atoms with van der Waals surface area (Å²) in [5, 5.41) is 4.24. The second-order valence-corrected chi connectivity index (χ2v) is 4.51. The van der Waals surface area contributed by atoms with Crippen molar-refractivity contribution in [2.75, 3.05) is 5.43 Å². The Kier molecular flexibility index (Phi) is 4.42. The average Bonchev–Trinajstić information content (AvgIpc) is 2.45. The summed E-state index contributed by atoms with van der Waals surface area (Å²) in [6, 6.07) is 4.90. The molecule has 1 aromatic heterocycles. The van der Waals surface area contributed by atoms with Crippen LogP contribution in [0.25, 0.3) is 0 Å². The van der Waals surface area contributed by atoms with E-state index in [4.69, 9.17) is 11.6 Å². The van der Waals surface area contributed by atoms with Gasteiger partial charge < -0.3 is 0 Å². The minimum atomic E-state index is -4.39. The predicted molar refractivity (Wildman–Crippen MR) is 74.3 cm³/mol. The molecule has 0 atom stereocenters. The number of aromatic nitrogens is 2. The van der Waals surface area contributed by atoms with Gasteiger partial charge in [0.15, 0.2) is 5.82 Å². The second kappa shape index (κ2) is 6.09. The van der Waals surface area contributed by atoms with Gasteiger partial charge in [0, 0.05) is 0 Å². The highest BCUT2D eigenvalue weighted by atomic mass is 35.5. The zero-order valence-electron chi connectivity index (χ0n) is 10.8. The van der Waals surface area contributed by atoms with Crippen LogP contribution in [0.15, 0.2) is 41.9 Å². The number of nitrogens with one attached hydrogen (secondary N) is 1. The third kappa shape index (κ3) is 3.91. The maximum Gasteiger partial charge on any atom is 0.416 e. The molecule has 1 heterocycles. The van der Waals surface area contributed by atoms with Gasteiger partial charge in [-0.2, -0.15) is 18.3 Å². The topological polar surface area (TPSA) is 50.2 Å². The highest BCUT2D eigenvalue weighted by Crippen LogP contribution is 2.29. The number of hydrogen-bond donors (Lipinski definition) is 1. The van der Waals surface area contributed by atoms with Crippen molar-refractivity contribution in [3.63, 3.8) is 0 Å². The lowest BCUT2D eigenvalue weighted by Gasteiger charge is -2.09. The van der Waals surface area contributed by atoms with E-state index in [0.717, 1.165) is 12.1 Å². The van der Waals surface area contributed by atoms with Crippen LogP contribution in [0.4, 0.5) is 19.0 Å². The molecule has 0 saturated carbocycles. The quantitative estimate of drug-likeness (QED) is 0.688. The van der Waals surface area contributed by atoms with Crippen LogP contribution in [0.2, 0.25) is 5.02 Å². The highest BCUT2D eigenvalue weighted by Gasteiger charge is 2.30. The summed E-state index contributed by atoms with van der Waals surface area (Å²) in [7, 11) is 0. The van der Waals surface area contributed by atoms with E-state index in [-0.39, 0.29) is 10.8 Å². The normalized spacial score (nSPS) is 12.3. The van der Waals surface area contributed by atoms with Crippen LogP contribution in [0, 0.1) is 0 Å². The lowest BCUT2D eigenvalue weighted by Crippen LogP contribution is -2.07. The van der Waals surface area contributed by atoms with E-state index in [9.17, 15) is 13.2 Å². The van der Waals surface area contributed by atoms with Crippen molar-refractivity contribution in [1.82, 2.24) is 9.97 Å². The van der Waals surface area contributed by atoms with Gasteiger partial charge in [-0.05, 0) is 24.6 Å². The molecule has 21 heavy (non-hydrogen) atoms. The molecule has 8 heteroatoms. The van der Waals surface area contributed by atoms with E-state index in [1.807, 2.05) is 0 Å². The molecule has 0 aliphatic rings. The van der Waals surface area contributed by atoms with Gasteiger partial charge >= 0.3 is 6.18 Å². The van der Waals surface area contributed by atoms with Gasteiger partial charge in [0.05, 0.1) is 17.5 Å². The van der Waals surface area contributed by atoms with E-state index in [2.05, 4.69) is 20.5 Å². The molecule has 110 valence electrons. The van der Waals surface area contributed by atoms with Crippen LogP contribution < -0.4 is 5.43 Å². The summed E-state index contributed by atoms with van der Waals surface area (Å²) < 4.78 is 37.9. The number of alkyl halides is 3. The first-order valence-corrected chi connectivity index (χ1v) is 6.19. The Morgan fingerprint density at radius 2 is 2.10 bits per heavy atom. The van der Waals surface area contributed by atoms with Crippen LogP contribution in [0.1, 0.15) is 18.1 Å². The molecule has 0 radical (unpaired) electrons. The summed E-state index contributed by atoms with van der Waals surface area (Å²) >= 11 is 5.83. The van der Waals surface area contributed by atoms with E-state index >= 15 is 0 Å². The van der Waals surface area contributed by atoms with Gasteiger partial charge in [0.25, 0.3) is 0 Å².